The average Bonchev–Trinajstić information content (AvgIpc) is 2.47. The number of hydrogen-bond donors (Lipinski definition) is 1. The molecule has 2 rings (SSSR count). The van der Waals surface area contributed by atoms with Crippen LogP contribution in [0.25, 0.3) is 0 Å². The van der Waals surface area contributed by atoms with Crippen LogP contribution in [0.3, 0.4) is 0 Å². The molecule has 0 bridgehead atoms. The smallest absolute Gasteiger partial charge is 0.331 e. The van der Waals surface area contributed by atoms with Crippen LogP contribution in [0.15, 0.2) is 15.8 Å². The number of hydrogen-bond acceptors (Lipinski definition) is 5. The molecule has 0 unspecified atom stereocenters. The van der Waals surface area contributed by atoms with Crippen molar-refractivity contribution in [3.63, 3.8) is 0 Å². The van der Waals surface area contributed by atoms with Crippen molar-refractivity contribution in [2.75, 3.05) is 45.5 Å². The SMILES string of the molecule is CCCn1cc(N)c(=O)n(CCN2CCN(C)CC2)c1=O. The molecule has 1 aliphatic heterocycles. The van der Waals surface area contributed by atoms with Gasteiger partial charge < -0.3 is 10.6 Å². The van der Waals surface area contributed by atoms with Crippen molar-refractivity contribution < 1.29 is 0 Å². The Morgan fingerprint density at radius 1 is 1.10 bits per heavy atom. The Bertz CT molecular complexity index is 584. The van der Waals surface area contributed by atoms with Gasteiger partial charge in [0.05, 0.1) is 0 Å². The molecule has 0 aromatic carbocycles. The van der Waals surface area contributed by atoms with E-state index in [1.165, 1.54) is 15.3 Å². The lowest BCUT2D eigenvalue weighted by molar-refractivity contribution is 0.149. The van der Waals surface area contributed by atoms with E-state index in [0.717, 1.165) is 32.6 Å². The van der Waals surface area contributed by atoms with E-state index in [2.05, 4.69) is 16.8 Å². The van der Waals surface area contributed by atoms with E-state index in [4.69, 9.17) is 5.73 Å². The number of piperazine rings is 1. The van der Waals surface area contributed by atoms with E-state index in [1.807, 2.05) is 6.92 Å². The van der Waals surface area contributed by atoms with E-state index in [9.17, 15) is 9.59 Å². The molecule has 1 aromatic rings. The second kappa shape index (κ2) is 6.91. The molecule has 7 heteroatoms. The van der Waals surface area contributed by atoms with Gasteiger partial charge in [-0.25, -0.2) is 4.79 Å². The van der Waals surface area contributed by atoms with E-state index >= 15 is 0 Å². The highest BCUT2D eigenvalue weighted by molar-refractivity contribution is 5.30. The van der Waals surface area contributed by atoms with Gasteiger partial charge in [0, 0.05) is 52.0 Å². The summed E-state index contributed by atoms with van der Waals surface area (Å²) in [6, 6.07) is 0. The third kappa shape index (κ3) is 3.74. The van der Waals surface area contributed by atoms with Crippen LogP contribution >= 0.6 is 0 Å². The van der Waals surface area contributed by atoms with Crippen molar-refractivity contribution in [1.29, 1.82) is 0 Å². The fraction of sp³-hybridized carbons (Fsp3) is 0.714. The second-order valence-electron chi connectivity index (χ2n) is 5.66. The minimum atomic E-state index is -0.374. The predicted octanol–water partition coefficient (Wildman–Crippen LogP) is -0.750. The molecule has 0 amide bonds. The zero-order valence-electron chi connectivity index (χ0n) is 12.9. The highest BCUT2D eigenvalue weighted by Gasteiger charge is 2.15. The number of aromatic nitrogens is 2. The standard InChI is InChI=1S/C14H25N5O2/c1-3-4-18-11-12(15)13(20)19(14(18)21)10-9-17-7-5-16(2)6-8-17/h11H,3-10,15H2,1-2H3. The number of nitrogens with two attached hydrogens (primary N) is 1. The van der Waals surface area contributed by atoms with E-state index < -0.39 is 0 Å². The molecule has 21 heavy (non-hydrogen) atoms. The molecule has 118 valence electrons. The lowest BCUT2D eigenvalue weighted by atomic mass is 10.3. The van der Waals surface area contributed by atoms with Gasteiger partial charge in [-0.15, -0.1) is 0 Å². The number of aryl methyl sites for hydroxylation is 1. The minimum absolute atomic E-state index is 0.140. The summed E-state index contributed by atoms with van der Waals surface area (Å²) in [5.41, 5.74) is 5.24. The summed E-state index contributed by atoms with van der Waals surface area (Å²) in [7, 11) is 2.10. The molecule has 0 spiro atoms. The summed E-state index contributed by atoms with van der Waals surface area (Å²) in [5, 5.41) is 0. The van der Waals surface area contributed by atoms with Crippen LogP contribution in [0.5, 0.6) is 0 Å². The van der Waals surface area contributed by atoms with Gasteiger partial charge in [0.2, 0.25) is 0 Å². The predicted molar refractivity (Wildman–Crippen MR) is 83.6 cm³/mol. The summed E-state index contributed by atoms with van der Waals surface area (Å²) < 4.78 is 2.80. The molecule has 7 nitrogen and oxygen atoms in total. The molecule has 2 N–H and O–H groups in total. The molecule has 1 aromatic heterocycles. The van der Waals surface area contributed by atoms with E-state index in [0.29, 0.717) is 19.6 Å². The summed E-state index contributed by atoms with van der Waals surface area (Å²) in [6.45, 7) is 7.65. The van der Waals surface area contributed by atoms with Gasteiger partial charge in [-0.3, -0.25) is 18.8 Å². The third-order valence-electron chi connectivity index (χ3n) is 3.96. The van der Waals surface area contributed by atoms with Crippen molar-refractivity contribution in [2.45, 2.75) is 26.4 Å². The maximum atomic E-state index is 12.3. The van der Waals surface area contributed by atoms with Crippen LogP contribution in [-0.2, 0) is 13.1 Å². The molecule has 1 aliphatic rings. The van der Waals surface area contributed by atoms with Crippen molar-refractivity contribution in [2.24, 2.45) is 0 Å². The molecular formula is C14H25N5O2. The first kappa shape index (κ1) is 15.8. The number of anilines is 1. The highest BCUT2D eigenvalue weighted by atomic mass is 16.2. The fourth-order valence-corrected chi connectivity index (χ4v) is 2.59. The number of rotatable bonds is 5. The maximum Gasteiger partial charge on any atom is 0.331 e. The van der Waals surface area contributed by atoms with Crippen LogP contribution in [-0.4, -0.2) is 58.7 Å². The third-order valence-corrected chi connectivity index (χ3v) is 3.96. The zero-order valence-corrected chi connectivity index (χ0v) is 12.9. The second-order valence-corrected chi connectivity index (χ2v) is 5.66. The summed E-state index contributed by atoms with van der Waals surface area (Å²) in [4.78, 5) is 28.9. The Hall–Kier alpha value is -1.60. The normalized spacial score (nSPS) is 17.2. The Morgan fingerprint density at radius 2 is 1.76 bits per heavy atom. The highest BCUT2D eigenvalue weighted by Crippen LogP contribution is 1.99. The number of nitrogen functional groups attached to an aromatic ring is 1. The van der Waals surface area contributed by atoms with E-state index in [1.54, 1.807) is 0 Å². The zero-order chi connectivity index (χ0) is 15.4. The maximum absolute atomic E-state index is 12.3. The van der Waals surface area contributed by atoms with Crippen molar-refractivity contribution in [3.05, 3.63) is 27.0 Å². The van der Waals surface area contributed by atoms with Crippen molar-refractivity contribution in [1.82, 2.24) is 18.9 Å². The van der Waals surface area contributed by atoms with E-state index in [-0.39, 0.29) is 16.9 Å². The Labute approximate surface area is 124 Å². The van der Waals surface area contributed by atoms with Gasteiger partial charge in [-0.2, -0.15) is 0 Å². The Kier molecular flexibility index (Phi) is 5.19. The lowest BCUT2D eigenvalue weighted by Gasteiger charge is -2.32. The molecule has 0 saturated carbocycles. The van der Waals surface area contributed by atoms with Gasteiger partial charge >= 0.3 is 5.69 Å². The number of nitrogens with zero attached hydrogens (tertiary/aromatic N) is 4. The largest absolute Gasteiger partial charge is 0.393 e. The summed E-state index contributed by atoms with van der Waals surface area (Å²) in [6.07, 6.45) is 2.29. The molecular weight excluding hydrogens is 270 g/mol. The van der Waals surface area contributed by atoms with Crippen molar-refractivity contribution >= 4 is 5.69 Å². The molecule has 1 fully saturated rings. The Morgan fingerprint density at radius 3 is 2.38 bits per heavy atom. The first-order valence-electron chi connectivity index (χ1n) is 7.53. The topological polar surface area (TPSA) is 76.5 Å². The minimum Gasteiger partial charge on any atom is -0.393 e. The van der Waals surface area contributed by atoms with Gasteiger partial charge in [0.25, 0.3) is 5.56 Å². The molecule has 1 saturated heterocycles. The number of likely N-dealkylation sites (N-methyl/N-ethyl adjacent to an activating group) is 1. The first-order chi connectivity index (χ1) is 10.0. The quantitative estimate of drug-likeness (QED) is 0.773. The van der Waals surface area contributed by atoms with Crippen molar-refractivity contribution in [3.8, 4) is 0 Å². The van der Waals surface area contributed by atoms with Crippen LogP contribution in [0.2, 0.25) is 0 Å². The van der Waals surface area contributed by atoms with Gasteiger partial charge in [-0.1, -0.05) is 6.92 Å². The van der Waals surface area contributed by atoms with Crippen LogP contribution in [0.4, 0.5) is 5.69 Å². The lowest BCUT2D eigenvalue weighted by Crippen LogP contribution is -2.48. The first-order valence-corrected chi connectivity index (χ1v) is 7.53. The average molecular weight is 295 g/mol. The summed E-state index contributed by atoms with van der Waals surface area (Å²) >= 11 is 0. The molecule has 0 aliphatic carbocycles. The van der Waals surface area contributed by atoms with Crippen LogP contribution in [0.1, 0.15) is 13.3 Å². The Balaban J connectivity index is 2.12. The molecule has 0 atom stereocenters. The van der Waals surface area contributed by atoms with Gasteiger partial charge in [0.1, 0.15) is 5.69 Å². The van der Waals surface area contributed by atoms with Gasteiger partial charge in [0.15, 0.2) is 0 Å². The van der Waals surface area contributed by atoms with Crippen LogP contribution < -0.4 is 17.0 Å². The molecule has 2 heterocycles. The summed E-state index contributed by atoms with van der Waals surface area (Å²) in [5.74, 6) is 0. The van der Waals surface area contributed by atoms with Crippen LogP contribution in [0, 0.1) is 0 Å². The van der Waals surface area contributed by atoms with Gasteiger partial charge in [-0.05, 0) is 13.5 Å². The molecule has 0 radical (unpaired) electrons. The monoisotopic (exact) mass is 295 g/mol. The fourth-order valence-electron chi connectivity index (χ4n) is 2.59.